The number of hydrogen-bond donors (Lipinski definition) is 0. The molecule has 1 amide bonds. The Morgan fingerprint density at radius 2 is 2.25 bits per heavy atom. The fourth-order valence-electron chi connectivity index (χ4n) is 5.54. The van der Waals surface area contributed by atoms with Crippen LogP contribution in [0.1, 0.15) is 35.4 Å². The van der Waals surface area contributed by atoms with Gasteiger partial charge in [-0.1, -0.05) is 30.4 Å². The zero-order chi connectivity index (χ0) is 19.0. The maximum absolute atomic E-state index is 13.2. The number of fused-ring (bicyclic) bond motifs is 5. The van der Waals surface area contributed by atoms with Gasteiger partial charge in [0.25, 0.3) is 5.91 Å². The van der Waals surface area contributed by atoms with Crippen LogP contribution < -0.4 is 0 Å². The molecule has 2 bridgehead atoms. The molecule has 1 aromatic heterocycles. The summed E-state index contributed by atoms with van der Waals surface area (Å²) in [5.74, 6) is -0.513. The standard InChI is InChI=1S/C22H20N2O4/c1-2-27-21(26)18-14-10-16-19-13(9-12-5-3-4-6-15(12)23-19)20(25)24(16)11-22(14)8-7-17(18)28-22/h3-9,14,16-18H,2,10-11H2,1H3/t14-,16-,17+,18-,22+/m0/s1. The van der Waals surface area contributed by atoms with Gasteiger partial charge in [-0.2, -0.15) is 0 Å². The number of rotatable bonds is 2. The van der Waals surface area contributed by atoms with E-state index in [4.69, 9.17) is 14.5 Å². The number of aromatic nitrogens is 1. The molecule has 28 heavy (non-hydrogen) atoms. The first-order valence-electron chi connectivity index (χ1n) is 9.86. The maximum Gasteiger partial charge on any atom is 0.312 e. The summed E-state index contributed by atoms with van der Waals surface area (Å²) < 4.78 is 11.6. The van der Waals surface area contributed by atoms with Crippen LogP contribution in [0.2, 0.25) is 0 Å². The minimum Gasteiger partial charge on any atom is -0.466 e. The molecule has 0 radical (unpaired) electrons. The summed E-state index contributed by atoms with van der Waals surface area (Å²) in [6.45, 7) is 2.63. The summed E-state index contributed by atoms with van der Waals surface area (Å²) in [5, 5.41) is 0.967. The molecule has 4 aliphatic heterocycles. The van der Waals surface area contributed by atoms with Crippen molar-refractivity contribution in [2.24, 2.45) is 11.8 Å². The van der Waals surface area contributed by atoms with E-state index in [1.807, 2.05) is 48.2 Å². The van der Waals surface area contributed by atoms with Crippen molar-refractivity contribution in [1.82, 2.24) is 9.88 Å². The van der Waals surface area contributed by atoms with Crippen molar-refractivity contribution in [3.8, 4) is 0 Å². The van der Waals surface area contributed by atoms with Gasteiger partial charge in [0.05, 0.1) is 48.0 Å². The van der Waals surface area contributed by atoms with E-state index in [1.54, 1.807) is 0 Å². The normalized spacial score (nSPS) is 34.5. The molecule has 1 spiro atoms. The number of amides is 1. The topological polar surface area (TPSA) is 68.7 Å². The lowest BCUT2D eigenvalue weighted by Gasteiger charge is -2.44. The van der Waals surface area contributed by atoms with Gasteiger partial charge in [0.2, 0.25) is 0 Å². The first-order chi connectivity index (χ1) is 13.6. The lowest BCUT2D eigenvalue weighted by molar-refractivity contribution is -0.150. The Morgan fingerprint density at radius 1 is 1.39 bits per heavy atom. The number of nitrogens with zero attached hydrogens (tertiary/aromatic N) is 2. The molecule has 2 saturated heterocycles. The number of carbonyl (C=O) groups excluding carboxylic acids is 2. The highest BCUT2D eigenvalue weighted by atomic mass is 16.6. The van der Waals surface area contributed by atoms with Crippen molar-refractivity contribution in [2.75, 3.05) is 13.2 Å². The first-order valence-corrected chi connectivity index (χ1v) is 9.86. The lowest BCUT2D eigenvalue weighted by Crippen LogP contribution is -2.53. The van der Waals surface area contributed by atoms with Crippen LogP contribution >= 0.6 is 0 Å². The molecule has 0 saturated carbocycles. The predicted octanol–water partition coefficient (Wildman–Crippen LogP) is 2.64. The van der Waals surface area contributed by atoms with Gasteiger partial charge in [0.15, 0.2) is 0 Å². The molecule has 6 nitrogen and oxygen atoms in total. The van der Waals surface area contributed by atoms with E-state index in [9.17, 15) is 9.59 Å². The summed E-state index contributed by atoms with van der Waals surface area (Å²) in [6.07, 6.45) is 4.41. The van der Waals surface area contributed by atoms with Crippen molar-refractivity contribution in [2.45, 2.75) is 31.1 Å². The first kappa shape index (κ1) is 16.2. The Hall–Kier alpha value is -2.73. The second kappa shape index (κ2) is 5.41. The third-order valence-corrected chi connectivity index (χ3v) is 6.73. The molecule has 4 aliphatic rings. The van der Waals surface area contributed by atoms with Crippen LogP contribution in [-0.4, -0.2) is 46.6 Å². The number of para-hydroxylation sites is 1. The molecule has 1 aromatic carbocycles. The van der Waals surface area contributed by atoms with Crippen molar-refractivity contribution in [3.05, 3.63) is 53.7 Å². The number of ether oxygens (including phenoxy) is 2. The highest BCUT2D eigenvalue weighted by Crippen LogP contribution is 2.56. The van der Waals surface area contributed by atoms with E-state index in [0.29, 0.717) is 25.1 Å². The van der Waals surface area contributed by atoms with Gasteiger partial charge in [-0.15, -0.1) is 0 Å². The van der Waals surface area contributed by atoms with E-state index >= 15 is 0 Å². The van der Waals surface area contributed by atoms with Gasteiger partial charge >= 0.3 is 5.97 Å². The Balaban J connectivity index is 1.43. The Kier molecular flexibility index (Phi) is 3.14. The SMILES string of the molecule is CCOC(=O)[C@@H]1[C@H]2C=C[C@]3(CN4C(=O)c5cc6ccccc6nc5[C@@H]4C[C@@H]13)O2. The summed E-state index contributed by atoms with van der Waals surface area (Å²) >= 11 is 0. The number of pyridine rings is 1. The lowest BCUT2D eigenvalue weighted by atomic mass is 9.69. The summed E-state index contributed by atoms with van der Waals surface area (Å²) in [6, 6.07) is 9.69. The minimum absolute atomic E-state index is 0.00480. The van der Waals surface area contributed by atoms with Crippen LogP contribution in [0.15, 0.2) is 42.5 Å². The molecule has 0 unspecified atom stereocenters. The van der Waals surface area contributed by atoms with Crippen LogP contribution in [-0.2, 0) is 14.3 Å². The molecule has 6 rings (SSSR count). The van der Waals surface area contributed by atoms with Crippen molar-refractivity contribution >= 4 is 22.8 Å². The summed E-state index contributed by atoms with van der Waals surface area (Å²) in [7, 11) is 0. The van der Waals surface area contributed by atoms with Gasteiger partial charge in [0.1, 0.15) is 5.60 Å². The van der Waals surface area contributed by atoms with Crippen molar-refractivity contribution < 1.29 is 19.1 Å². The Morgan fingerprint density at radius 3 is 3.11 bits per heavy atom. The minimum atomic E-state index is -0.588. The van der Waals surface area contributed by atoms with Crippen molar-refractivity contribution in [1.29, 1.82) is 0 Å². The molecule has 2 fully saturated rings. The van der Waals surface area contributed by atoms with E-state index in [0.717, 1.165) is 16.6 Å². The number of hydrogen-bond acceptors (Lipinski definition) is 5. The van der Waals surface area contributed by atoms with Crippen LogP contribution in [0.3, 0.4) is 0 Å². The third-order valence-electron chi connectivity index (χ3n) is 6.73. The number of carbonyl (C=O) groups is 2. The van der Waals surface area contributed by atoms with E-state index in [2.05, 4.69) is 6.08 Å². The van der Waals surface area contributed by atoms with Crippen LogP contribution in [0, 0.1) is 11.8 Å². The zero-order valence-electron chi connectivity index (χ0n) is 15.5. The Labute approximate surface area is 162 Å². The number of esters is 1. The van der Waals surface area contributed by atoms with Crippen LogP contribution in [0.25, 0.3) is 10.9 Å². The molecule has 5 atom stereocenters. The van der Waals surface area contributed by atoms with Crippen LogP contribution in [0.5, 0.6) is 0 Å². The Bertz CT molecular complexity index is 1060. The molecule has 6 heteroatoms. The maximum atomic E-state index is 13.2. The van der Waals surface area contributed by atoms with E-state index in [1.165, 1.54) is 0 Å². The molecular weight excluding hydrogens is 356 g/mol. The van der Waals surface area contributed by atoms with Gasteiger partial charge < -0.3 is 14.4 Å². The van der Waals surface area contributed by atoms with E-state index < -0.39 is 5.60 Å². The van der Waals surface area contributed by atoms with Crippen molar-refractivity contribution in [3.63, 3.8) is 0 Å². The molecule has 5 heterocycles. The van der Waals surface area contributed by atoms with Gasteiger partial charge in [-0.05, 0) is 25.5 Å². The highest BCUT2D eigenvalue weighted by Gasteiger charge is 2.64. The largest absolute Gasteiger partial charge is 0.466 e. The molecular formula is C22H20N2O4. The monoisotopic (exact) mass is 376 g/mol. The third kappa shape index (κ3) is 1.93. The second-order valence-corrected chi connectivity index (χ2v) is 8.08. The molecule has 0 N–H and O–H groups in total. The van der Waals surface area contributed by atoms with Gasteiger partial charge in [-0.3, -0.25) is 9.59 Å². The van der Waals surface area contributed by atoms with E-state index in [-0.39, 0.29) is 35.9 Å². The number of piperidine rings is 1. The van der Waals surface area contributed by atoms with Gasteiger partial charge in [-0.25, -0.2) is 4.98 Å². The summed E-state index contributed by atoms with van der Waals surface area (Å²) in [4.78, 5) is 32.5. The zero-order valence-corrected chi connectivity index (χ0v) is 15.5. The quantitative estimate of drug-likeness (QED) is 0.595. The highest BCUT2D eigenvalue weighted by molar-refractivity contribution is 6.02. The van der Waals surface area contributed by atoms with Crippen LogP contribution in [0.4, 0.5) is 0 Å². The molecule has 0 aliphatic carbocycles. The second-order valence-electron chi connectivity index (χ2n) is 8.08. The fourth-order valence-corrected chi connectivity index (χ4v) is 5.54. The molecule has 142 valence electrons. The number of benzene rings is 1. The van der Waals surface area contributed by atoms with Gasteiger partial charge in [0, 0.05) is 11.3 Å². The smallest absolute Gasteiger partial charge is 0.312 e. The average molecular weight is 376 g/mol. The predicted molar refractivity (Wildman–Crippen MR) is 100 cm³/mol. The average Bonchev–Trinajstić information content (AvgIpc) is 3.33. The fraction of sp³-hybridized carbons (Fsp3) is 0.409. The molecule has 2 aromatic rings. The summed E-state index contributed by atoms with van der Waals surface area (Å²) in [5.41, 5.74) is 1.80.